The summed E-state index contributed by atoms with van der Waals surface area (Å²) in [6.45, 7) is 5.64. The van der Waals surface area contributed by atoms with Crippen molar-refractivity contribution in [1.29, 1.82) is 0 Å². The van der Waals surface area contributed by atoms with Crippen LogP contribution in [-0.4, -0.2) is 54.2 Å². The van der Waals surface area contributed by atoms with Crippen molar-refractivity contribution in [3.8, 4) is 0 Å². The lowest BCUT2D eigenvalue weighted by molar-refractivity contribution is -0.143. The van der Waals surface area contributed by atoms with Gasteiger partial charge in [-0.2, -0.15) is 0 Å². The van der Waals surface area contributed by atoms with Gasteiger partial charge in [0.2, 0.25) is 5.91 Å². The predicted octanol–water partition coefficient (Wildman–Crippen LogP) is 1.81. The number of benzene rings is 1. The Bertz CT molecular complexity index is 602. The third-order valence-electron chi connectivity index (χ3n) is 4.18. The van der Waals surface area contributed by atoms with Crippen LogP contribution in [0, 0.1) is 11.7 Å². The summed E-state index contributed by atoms with van der Waals surface area (Å²) in [4.78, 5) is 26.1. The smallest absolute Gasteiger partial charge is 0.326 e. The molecule has 0 aliphatic carbocycles. The van der Waals surface area contributed by atoms with Gasteiger partial charge in [-0.05, 0) is 18.4 Å². The van der Waals surface area contributed by atoms with Crippen LogP contribution in [0.5, 0.6) is 0 Å². The van der Waals surface area contributed by atoms with Gasteiger partial charge in [-0.1, -0.05) is 32.0 Å². The van der Waals surface area contributed by atoms with Gasteiger partial charge in [-0.3, -0.25) is 9.69 Å². The van der Waals surface area contributed by atoms with Crippen LogP contribution in [0.2, 0.25) is 0 Å². The average Bonchev–Trinajstić information content (AvgIpc) is 2.57. The Balaban J connectivity index is 2.26. The van der Waals surface area contributed by atoms with Crippen molar-refractivity contribution in [2.75, 3.05) is 26.3 Å². The molecule has 2 atom stereocenters. The van der Waals surface area contributed by atoms with Crippen LogP contribution in [0.4, 0.5) is 4.39 Å². The van der Waals surface area contributed by atoms with Gasteiger partial charge in [0.05, 0.1) is 13.2 Å². The predicted molar refractivity (Wildman–Crippen MR) is 90.6 cm³/mol. The van der Waals surface area contributed by atoms with E-state index in [2.05, 4.69) is 5.32 Å². The highest BCUT2D eigenvalue weighted by Gasteiger charge is 2.33. The lowest BCUT2D eigenvalue weighted by Gasteiger charge is -2.34. The maximum Gasteiger partial charge on any atom is 0.326 e. The molecule has 1 unspecified atom stereocenters. The highest BCUT2D eigenvalue weighted by molar-refractivity contribution is 5.87. The van der Waals surface area contributed by atoms with E-state index in [0.29, 0.717) is 32.7 Å². The molecular weight excluding hydrogens is 327 g/mol. The summed E-state index contributed by atoms with van der Waals surface area (Å²) in [5.74, 6) is -1.96. The summed E-state index contributed by atoms with van der Waals surface area (Å²) >= 11 is 0. The highest BCUT2D eigenvalue weighted by atomic mass is 19.1. The molecule has 138 valence electrons. The highest BCUT2D eigenvalue weighted by Crippen LogP contribution is 2.25. The molecule has 1 aliphatic heterocycles. The number of ether oxygens (including phenoxy) is 1. The van der Waals surface area contributed by atoms with Gasteiger partial charge in [-0.25, -0.2) is 9.18 Å². The minimum absolute atomic E-state index is 0.108. The Morgan fingerprint density at radius 2 is 1.92 bits per heavy atom. The van der Waals surface area contributed by atoms with Gasteiger partial charge in [0, 0.05) is 18.7 Å². The molecule has 1 fully saturated rings. The molecule has 25 heavy (non-hydrogen) atoms. The Hall–Kier alpha value is -1.99. The number of carbonyl (C=O) groups excluding carboxylic acids is 1. The molecule has 0 spiro atoms. The Morgan fingerprint density at radius 3 is 2.48 bits per heavy atom. The SMILES string of the molecule is CC(C)C[C@@H](NC(=O)C(c1ccccc1F)N1CCOCC1)C(=O)O. The van der Waals surface area contributed by atoms with Crippen molar-refractivity contribution in [3.63, 3.8) is 0 Å². The van der Waals surface area contributed by atoms with E-state index < -0.39 is 29.8 Å². The first-order valence-electron chi connectivity index (χ1n) is 8.49. The number of hydrogen-bond acceptors (Lipinski definition) is 4. The monoisotopic (exact) mass is 352 g/mol. The maximum atomic E-state index is 14.3. The number of morpholine rings is 1. The summed E-state index contributed by atoms with van der Waals surface area (Å²) in [5, 5.41) is 11.9. The zero-order valence-electron chi connectivity index (χ0n) is 14.6. The molecule has 1 aromatic carbocycles. The summed E-state index contributed by atoms with van der Waals surface area (Å²) in [6.07, 6.45) is 0.314. The number of carboxylic acid groups (broad SMARTS) is 1. The van der Waals surface area contributed by atoms with Crippen molar-refractivity contribution in [1.82, 2.24) is 10.2 Å². The van der Waals surface area contributed by atoms with E-state index in [1.54, 1.807) is 18.2 Å². The standard InChI is InChI=1S/C18H25FN2O4/c1-12(2)11-15(18(23)24)20-17(22)16(21-7-9-25-10-8-21)13-5-3-4-6-14(13)19/h3-6,12,15-16H,7-11H2,1-2H3,(H,20,22)(H,23,24)/t15-,16?/m1/s1. The topological polar surface area (TPSA) is 78.9 Å². The summed E-state index contributed by atoms with van der Waals surface area (Å²) in [5.41, 5.74) is 0.246. The first kappa shape index (κ1) is 19.3. The second kappa shape index (κ2) is 8.92. The molecule has 1 aliphatic rings. The fourth-order valence-electron chi connectivity index (χ4n) is 2.98. The third kappa shape index (κ3) is 5.24. The molecule has 0 aromatic heterocycles. The molecule has 0 saturated carbocycles. The zero-order chi connectivity index (χ0) is 18.4. The van der Waals surface area contributed by atoms with E-state index in [-0.39, 0.29) is 11.5 Å². The number of hydrogen-bond donors (Lipinski definition) is 2. The van der Waals surface area contributed by atoms with Crippen LogP contribution in [0.25, 0.3) is 0 Å². The van der Waals surface area contributed by atoms with Gasteiger partial charge in [-0.15, -0.1) is 0 Å². The van der Waals surface area contributed by atoms with E-state index in [1.807, 2.05) is 18.7 Å². The Labute approximate surface area is 147 Å². The summed E-state index contributed by atoms with van der Waals surface area (Å²) < 4.78 is 19.6. The summed E-state index contributed by atoms with van der Waals surface area (Å²) in [7, 11) is 0. The first-order chi connectivity index (χ1) is 11.9. The van der Waals surface area contributed by atoms with Gasteiger partial charge in [0.15, 0.2) is 0 Å². The van der Waals surface area contributed by atoms with Crippen molar-refractivity contribution < 1.29 is 23.8 Å². The fourth-order valence-corrected chi connectivity index (χ4v) is 2.98. The minimum atomic E-state index is -1.09. The van der Waals surface area contributed by atoms with Gasteiger partial charge in [0.25, 0.3) is 0 Å². The molecular formula is C18H25FN2O4. The molecule has 1 amide bonds. The van der Waals surface area contributed by atoms with Crippen LogP contribution < -0.4 is 5.32 Å². The third-order valence-corrected chi connectivity index (χ3v) is 4.18. The second-order valence-corrected chi connectivity index (χ2v) is 6.60. The van der Waals surface area contributed by atoms with E-state index >= 15 is 0 Å². The number of carboxylic acids is 1. The zero-order valence-corrected chi connectivity index (χ0v) is 14.6. The molecule has 0 bridgehead atoms. The van der Waals surface area contributed by atoms with Gasteiger partial charge in [0.1, 0.15) is 17.9 Å². The molecule has 2 rings (SSSR count). The number of halogens is 1. The van der Waals surface area contributed by atoms with Crippen molar-refractivity contribution in [3.05, 3.63) is 35.6 Å². The van der Waals surface area contributed by atoms with Crippen LogP contribution in [0.3, 0.4) is 0 Å². The lowest BCUT2D eigenvalue weighted by atomic mass is 10.0. The molecule has 6 nitrogen and oxygen atoms in total. The molecule has 1 saturated heterocycles. The minimum Gasteiger partial charge on any atom is -0.480 e. The van der Waals surface area contributed by atoms with Crippen molar-refractivity contribution in [2.45, 2.75) is 32.4 Å². The molecule has 1 heterocycles. The number of aliphatic carboxylic acids is 1. The van der Waals surface area contributed by atoms with E-state index in [1.165, 1.54) is 6.07 Å². The van der Waals surface area contributed by atoms with E-state index in [9.17, 15) is 19.1 Å². The summed E-state index contributed by atoms with van der Waals surface area (Å²) in [6, 6.07) is 4.22. The van der Waals surface area contributed by atoms with E-state index in [4.69, 9.17) is 4.74 Å². The van der Waals surface area contributed by atoms with Crippen molar-refractivity contribution >= 4 is 11.9 Å². The van der Waals surface area contributed by atoms with Crippen molar-refractivity contribution in [2.24, 2.45) is 5.92 Å². The Kier molecular flexibility index (Phi) is 6.90. The number of amides is 1. The van der Waals surface area contributed by atoms with Crippen LogP contribution in [0.1, 0.15) is 31.9 Å². The average molecular weight is 352 g/mol. The molecule has 7 heteroatoms. The molecule has 0 radical (unpaired) electrons. The van der Waals surface area contributed by atoms with Gasteiger partial charge < -0.3 is 15.2 Å². The maximum absolute atomic E-state index is 14.3. The Morgan fingerprint density at radius 1 is 1.28 bits per heavy atom. The number of nitrogens with zero attached hydrogens (tertiary/aromatic N) is 1. The fraction of sp³-hybridized carbons (Fsp3) is 0.556. The number of rotatable bonds is 7. The van der Waals surface area contributed by atoms with Crippen LogP contribution >= 0.6 is 0 Å². The molecule has 2 N–H and O–H groups in total. The largest absolute Gasteiger partial charge is 0.480 e. The van der Waals surface area contributed by atoms with Crippen LogP contribution in [-0.2, 0) is 14.3 Å². The van der Waals surface area contributed by atoms with Crippen LogP contribution in [0.15, 0.2) is 24.3 Å². The normalized spacial score (nSPS) is 17.9. The second-order valence-electron chi connectivity index (χ2n) is 6.60. The number of nitrogens with one attached hydrogen (secondary N) is 1. The quantitative estimate of drug-likeness (QED) is 0.782. The lowest BCUT2D eigenvalue weighted by Crippen LogP contribution is -2.50. The van der Waals surface area contributed by atoms with Gasteiger partial charge >= 0.3 is 5.97 Å². The molecule has 1 aromatic rings. The first-order valence-corrected chi connectivity index (χ1v) is 8.49. The number of carbonyl (C=O) groups is 2. The van der Waals surface area contributed by atoms with E-state index in [0.717, 1.165) is 0 Å².